The highest BCUT2D eigenvalue weighted by atomic mass is 16.5. The van der Waals surface area contributed by atoms with Gasteiger partial charge in [-0.3, -0.25) is 4.79 Å². The van der Waals surface area contributed by atoms with Crippen LogP contribution in [-0.4, -0.2) is 24.7 Å². The Morgan fingerprint density at radius 1 is 1.22 bits per heavy atom. The molecular weight excluding hydrogens is 342 g/mol. The summed E-state index contributed by atoms with van der Waals surface area (Å²) in [5.74, 6) is 1.95. The molecule has 1 heterocycles. The first-order valence-corrected chi connectivity index (χ1v) is 9.18. The minimum absolute atomic E-state index is 0.118. The van der Waals surface area contributed by atoms with Crippen molar-refractivity contribution in [3.05, 3.63) is 53.6 Å². The van der Waals surface area contributed by atoms with Gasteiger partial charge in [0.1, 0.15) is 22.8 Å². The van der Waals surface area contributed by atoms with E-state index in [0.29, 0.717) is 17.9 Å². The van der Waals surface area contributed by atoms with Crippen LogP contribution in [0.25, 0.3) is 0 Å². The van der Waals surface area contributed by atoms with Gasteiger partial charge >= 0.3 is 0 Å². The normalized spacial score (nSPS) is 18.6. The maximum atomic E-state index is 12.8. The topological polar surface area (TPSA) is 56.8 Å². The second-order valence-corrected chi connectivity index (χ2v) is 7.61. The average Bonchev–Trinajstić information content (AvgIpc) is 2.61. The van der Waals surface area contributed by atoms with Crippen LogP contribution in [-0.2, 0) is 4.79 Å². The van der Waals surface area contributed by atoms with Crippen LogP contribution in [0.2, 0.25) is 0 Å². The molecule has 3 rings (SSSR count). The van der Waals surface area contributed by atoms with Gasteiger partial charge in [0.25, 0.3) is 5.91 Å². The lowest BCUT2D eigenvalue weighted by Gasteiger charge is -2.38. The summed E-state index contributed by atoms with van der Waals surface area (Å²) in [4.78, 5) is 12.8. The molecule has 5 nitrogen and oxygen atoms in total. The first-order chi connectivity index (χ1) is 12.8. The Labute approximate surface area is 160 Å². The van der Waals surface area contributed by atoms with E-state index in [9.17, 15) is 4.79 Å². The maximum Gasteiger partial charge on any atom is 0.261 e. The molecule has 2 aromatic carbocycles. The summed E-state index contributed by atoms with van der Waals surface area (Å²) in [7, 11) is 1.60. The molecular formula is C22H27NO4. The molecule has 0 unspecified atom stereocenters. The van der Waals surface area contributed by atoms with Gasteiger partial charge in [-0.25, -0.2) is 0 Å². The third-order valence-electron chi connectivity index (χ3n) is 4.66. The van der Waals surface area contributed by atoms with E-state index in [1.54, 1.807) is 20.1 Å². The van der Waals surface area contributed by atoms with E-state index >= 15 is 0 Å². The number of hydrogen-bond acceptors (Lipinski definition) is 4. The molecule has 5 heteroatoms. The zero-order valence-corrected chi connectivity index (χ0v) is 16.5. The lowest BCUT2D eigenvalue weighted by atomic mass is 9.89. The van der Waals surface area contributed by atoms with Crippen molar-refractivity contribution in [2.24, 2.45) is 0 Å². The van der Waals surface area contributed by atoms with Crippen molar-refractivity contribution in [2.45, 2.75) is 51.9 Å². The summed E-state index contributed by atoms with van der Waals surface area (Å²) in [6.07, 6.45) is 0.0671. The zero-order chi connectivity index (χ0) is 19.6. The zero-order valence-electron chi connectivity index (χ0n) is 16.5. The third-order valence-corrected chi connectivity index (χ3v) is 4.66. The van der Waals surface area contributed by atoms with Crippen molar-refractivity contribution in [3.63, 3.8) is 0 Å². The highest BCUT2D eigenvalue weighted by Gasteiger charge is 2.35. The standard InChI is InChI=1S/C22H27NO4/c1-14-9-10-20-18(11-14)19(13-22(3,4)27-20)23-21(24)15(2)26-17-8-6-7-16(12-17)25-5/h6-12,15,19H,13H2,1-5H3,(H,23,24)/t15-,19-/m1/s1. The van der Waals surface area contributed by atoms with Gasteiger partial charge in [0.15, 0.2) is 6.10 Å². The van der Waals surface area contributed by atoms with Crippen molar-refractivity contribution in [3.8, 4) is 17.2 Å². The molecule has 0 bridgehead atoms. The van der Waals surface area contributed by atoms with Gasteiger partial charge in [-0.2, -0.15) is 0 Å². The van der Waals surface area contributed by atoms with Gasteiger partial charge in [0.05, 0.1) is 13.2 Å². The number of nitrogens with one attached hydrogen (secondary N) is 1. The second kappa shape index (κ2) is 7.51. The van der Waals surface area contributed by atoms with Crippen LogP contribution >= 0.6 is 0 Å². The number of carbonyl (C=O) groups excluding carboxylic acids is 1. The van der Waals surface area contributed by atoms with E-state index in [-0.39, 0.29) is 17.6 Å². The first kappa shape index (κ1) is 19.1. The predicted molar refractivity (Wildman–Crippen MR) is 104 cm³/mol. The average molecular weight is 369 g/mol. The molecule has 144 valence electrons. The van der Waals surface area contributed by atoms with E-state index < -0.39 is 6.10 Å². The molecule has 0 spiro atoms. The van der Waals surface area contributed by atoms with Crippen molar-refractivity contribution < 1.29 is 19.0 Å². The van der Waals surface area contributed by atoms with Gasteiger partial charge in [-0.1, -0.05) is 23.8 Å². The Kier molecular flexibility index (Phi) is 5.31. The molecule has 0 radical (unpaired) electrons. The Bertz CT molecular complexity index is 831. The van der Waals surface area contributed by atoms with Crippen LogP contribution in [0.15, 0.2) is 42.5 Å². The SMILES string of the molecule is COc1cccc(O[C@H](C)C(=O)N[C@@H]2CC(C)(C)Oc3ccc(C)cc32)c1. The minimum atomic E-state index is -0.628. The van der Waals surface area contributed by atoms with Crippen LogP contribution in [0.3, 0.4) is 0 Å². The van der Waals surface area contributed by atoms with Crippen molar-refractivity contribution in [1.29, 1.82) is 0 Å². The monoisotopic (exact) mass is 369 g/mol. The van der Waals surface area contributed by atoms with Gasteiger partial charge in [-0.15, -0.1) is 0 Å². The Morgan fingerprint density at radius 2 is 1.96 bits per heavy atom. The molecule has 1 N–H and O–H groups in total. The fourth-order valence-electron chi connectivity index (χ4n) is 3.32. The number of methoxy groups -OCH3 is 1. The highest BCUT2D eigenvalue weighted by Crippen LogP contribution is 2.39. The van der Waals surface area contributed by atoms with Crippen LogP contribution in [0.1, 0.15) is 44.4 Å². The van der Waals surface area contributed by atoms with Gasteiger partial charge in [0, 0.05) is 18.1 Å². The van der Waals surface area contributed by atoms with E-state index in [1.807, 2.05) is 51.1 Å². The fourth-order valence-corrected chi connectivity index (χ4v) is 3.32. The summed E-state index contributed by atoms with van der Waals surface area (Å²) in [6, 6.07) is 13.2. The lowest BCUT2D eigenvalue weighted by molar-refractivity contribution is -0.128. The number of aryl methyl sites for hydroxylation is 1. The quantitative estimate of drug-likeness (QED) is 0.859. The maximum absolute atomic E-state index is 12.8. The predicted octanol–water partition coefficient (Wildman–Crippen LogP) is 4.19. The molecule has 1 aliphatic heterocycles. The molecule has 1 aliphatic rings. The molecule has 0 aromatic heterocycles. The van der Waals surface area contributed by atoms with Crippen molar-refractivity contribution >= 4 is 5.91 Å². The Morgan fingerprint density at radius 3 is 2.70 bits per heavy atom. The molecule has 0 saturated carbocycles. The van der Waals surface area contributed by atoms with Crippen LogP contribution in [0.4, 0.5) is 0 Å². The number of hydrogen-bond donors (Lipinski definition) is 1. The van der Waals surface area contributed by atoms with E-state index in [0.717, 1.165) is 16.9 Å². The number of amides is 1. The van der Waals surface area contributed by atoms with E-state index in [1.165, 1.54) is 0 Å². The highest BCUT2D eigenvalue weighted by molar-refractivity contribution is 5.81. The summed E-state index contributed by atoms with van der Waals surface area (Å²) < 4.78 is 17.1. The number of benzene rings is 2. The fraction of sp³-hybridized carbons (Fsp3) is 0.409. The summed E-state index contributed by atoms with van der Waals surface area (Å²) >= 11 is 0. The largest absolute Gasteiger partial charge is 0.497 e. The molecule has 0 aliphatic carbocycles. The molecule has 2 aromatic rings. The Hall–Kier alpha value is -2.69. The third kappa shape index (κ3) is 4.54. The summed E-state index contributed by atoms with van der Waals surface area (Å²) in [6.45, 7) is 7.85. The number of ether oxygens (including phenoxy) is 3. The van der Waals surface area contributed by atoms with Gasteiger partial charge < -0.3 is 19.5 Å². The van der Waals surface area contributed by atoms with Crippen LogP contribution in [0, 0.1) is 6.92 Å². The van der Waals surface area contributed by atoms with Crippen molar-refractivity contribution in [1.82, 2.24) is 5.32 Å². The number of rotatable bonds is 5. The number of carbonyl (C=O) groups is 1. The second-order valence-electron chi connectivity index (χ2n) is 7.61. The van der Waals surface area contributed by atoms with E-state index in [2.05, 4.69) is 11.4 Å². The molecule has 0 saturated heterocycles. The first-order valence-electron chi connectivity index (χ1n) is 9.18. The number of fused-ring (bicyclic) bond motifs is 1. The van der Waals surface area contributed by atoms with E-state index in [4.69, 9.17) is 14.2 Å². The molecule has 1 amide bonds. The molecule has 0 fully saturated rings. The van der Waals surface area contributed by atoms with Gasteiger partial charge in [0.2, 0.25) is 0 Å². The summed E-state index contributed by atoms with van der Waals surface area (Å²) in [5, 5.41) is 3.13. The lowest BCUT2D eigenvalue weighted by Crippen LogP contribution is -2.44. The molecule has 27 heavy (non-hydrogen) atoms. The molecule has 2 atom stereocenters. The van der Waals surface area contributed by atoms with Crippen LogP contribution < -0.4 is 19.5 Å². The van der Waals surface area contributed by atoms with Crippen molar-refractivity contribution in [2.75, 3.05) is 7.11 Å². The van der Waals surface area contributed by atoms with Crippen LogP contribution in [0.5, 0.6) is 17.2 Å². The smallest absolute Gasteiger partial charge is 0.261 e. The summed E-state index contributed by atoms with van der Waals surface area (Å²) in [5.41, 5.74) is 1.80. The minimum Gasteiger partial charge on any atom is -0.497 e. The Balaban J connectivity index is 1.74. The van der Waals surface area contributed by atoms with Gasteiger partial charge in [-0.05, 0) is 45.9 Å².